The first-order valence-corrected chi connectivity index (χ1v) is 8.41. The quantitative estimate of drug-likeness (QED) is 0.648. The van der Waals surface area contributed by atoms with Gasteiger partial charge in [0.1, 0.15) is 11.6 Å². The van der Waals surface area contributed by atoms with Gasteiger partial charge in [0.05, 0.1) is 5.56 Å². The lowest BCUT2D eigenvalue weighted by Gasteiger charge is -2.11. The highest BCUT2D eigenvalue weighted by Crippen LogP contribution is 2.29. The van der Waals surface area contributed by atoms with Crippen LogP contribution in [-0.4, -0.2) is 28.8 Å². The lowest BCUT2D eigenvalue weighted by molar-refractivity contribution is 0.0289. The van der Waals surface area contributed by atoms with Crippen molar-refractivity contribution in [3.05, 3.63) is 52.0 Å². The number of aliphatic hydroxyl groups is 1. The SMILES string of the molecule is CC(CCO)OC(=O)c1ccc2nc(-c3cc(Cl)cc(Cl)c3)oc2c1. The van der Waals surface area contributed by atoms with Gasteiger partial charge in [-0.2, -0.15) is 0 Å². The van der Waals surface area contributed by atoms with Crippen LogP contribution in [0.25, 0.3) is 22.6 Å². The summed E-state index contributed by atoms with van der Waals surface area (Å²) in [6, 6.07) is 9.89. The first kappa shape index (κ1) is 17.7. The van der Waals surface area contributed by atoms with E-state index in [9.17, 15) is 4.79 Å². The number of hydrogen-bond acceptors (Lipinski definition) is 5. The highest BCUT2D eigenvalue weighted by molar-refractivity contribution is 6.35. The summed E-state index contributed by atoms with van der Waals surface area (Å²) in [5, 5.41) is 9.84. The molecule has 0 aliphatic carbocycles. The average Bonchev–Trinajstić information content (AvgIpc) is 2.97. The molecule has 0 radical (unpaired) electrons. The molecule has 0 amide bonds. The molecule has 3 aromatic rings. The fraction of sp³-hybridized carbons (Fsp3) is 0.222. The van der Waals surface area contributed by atoms with Crippen molar-refractivity contribution in [1.29, 1.82) is 0 Å². The second-order valence-electron chi connectivity index (χ2n) is 5.59. The molecule has 3 rings (SSSR count). The molecule has 130 valence electrons. The lowest BCUT2D eigenvalue weighted by atomic mass is 10.2. The largest absolute Gasteiger partial charge is 0.459 e. The van der Waals surface area contributed by atoms with Crippen LogP contribution >= 0.6 is 23.2 Å². The predicted molar refractivity (Wildman–Crippen MR) is 96.0 cm³/mol. The number of aliphatic hydroxyl groups excluding tert-OH is 1. The van der Waals surface area contributed by atoms with E-state index in [2.05, 4.69) is 4.98 Å². The number of ether oxygens (including phenoxy) is 1. The Bertz CT molecular complexity index is 902. The molecule has 0 spiro atoms. The van der Waals surface area contributed by atoms with Gasteiger partial charge in [-0.15, -0.1) is 0 Å². The molecule has 1 atom stereocenters. The minimum absolute atomic E-state index is 0.0405. The van der Waals surface area contributed by atoms with Crippen molar-refractivity contribution in [1.82, 2.24) is 4.98 Å². The van der Waals surface area contributed by atoms with E-state index < -0.39 is 5.97 Å². The summed E-state index contributed by atoms with van der Waals surface area (Å²) in [6.45, 7) is 1.68. The van der Waals surface area contributed by atoms with Crippen molar-refractivity contribution in [2.24, 2.45) is 0 Å². The van der Waals surface area contributed by atoms with Crippen LogP contribution in [0.3, 0.4) is 0 Å². The molecular weight excluding hydrogens is 365 g/mol. The van der Waals surface area contributed by atoms with Gasteiger partial charge in [0.25, 0.3) is 0 Å². The van der Waals surface area contributed by atoms with Gasteiger partial charge in [-0.1, -0.05) is 23.2 Å². The van der Waals surface area contributed by atoms with E-state index in [1.54, 1.807) is 43.3 Å². The predicted octanol–water partition coefficient (Wildman–Crippen LogP) is 4.73. The standard InChI is InChI=1S/C18H15Cl2NO4/c1-10(4-5-22)24-18(23)11-2-3-15-16(8-11)25-17(21-15)12-6-13(19)9-14(20)7-12/h2-3,6-10,22H,4-5H2,1H3. The maximum Gasteiger partial charge on any atom is 0.338 e. The van der Waals surface area contributed by atoms with Crippen molar-refractivity contribution in [3.8, 4) is 11.5 Å². The average molecular weight is 380 g/mol. The number of aromatic nitrogens is 1. The van der Waals surface area contributed by atoms with Crippen LogP contribution in [0.5, 0.6) is 0 Å². The Balaban J connectivity index is 1.90. The number of hydrogen-bond donors (Lipinski definition) is 1. The van der Waals surface area contributed by atoms with E-state index in [4.69, 9.17) is 37.5 Å². The molecule has 0 bridgehead atoms. The number of fused-ring (bicyclic) bond motifs is 1. The molecule has 0 aliphatic heterocycles. The van der Waals surface area contributed by atoms with E-state index in [-0.39, 0.29) is 12.7 Å². The molecular formula is C18H15Cl2NO4. The van der Waals surface area contributed by atoms with Crippen molar-refractivity contribution < 1.29 is 19.1 Å². The number of nitrogens with zero attached hydrogens (tertiary/aromatic N) is 1. The van der Waals surface area contributed by atoms with E-state index >= 15 is 0 Å². The van der Waals surface area contributed by atoms with Crippen molar-refractivity contribution in [2.45, 2.75) is 19.4 Å². The van der Waals surface area contributed by atoms with Crippen molar-refractivity contribution in [3.63, 3.8) is 0 Å². The van der Waals surface area contributed by atoms with Crippen LogP contribution in [0, 0.1) is 0 Å². The summed E-state index contributed by atoms with van der Waals surface area (Å²) in [5.41, 5.74) is 2.06. The third-order valence-corrected chi connectivity index (χ3v) is 4.01. The Morgan fingerprint density at radius 2 is 1.96 bits per heavy atom. The minimum Gasteiger partial charge on any atom is -0.459 e. The Morgan fingerprint density at radius 1 is 1.24 bits per heavy atom. The van der Waals surface area contributed by atoms with Gasteiger partial charge in [-0.3, -0.25) is 0 Å². The van der Waals surface area contributed by atoms with E-state index in [0.717, 1.165) is 0 Å². The molecule has 2 aromatic carbocycles. The molecule has 25 heavy (non-hydrogen) atoms. The molecule has 0 aliphatic rings. The molecule has 1 N–H and O–H groups in total. The number of carbonyl (C=O) groups is 1. The number of esters is 1. The second kappa shape index (κ2) is 7.44. The van der Waals surface area contributed by atoms with Gasteiger partial charge in [0, 0.05) is 28.6 Å². The topological polar surface area (TPSA) is 72.6 Å². The molecule has 1 aromatic heterocycles. The van der Waals surface area contributed by atoms with Crippen LogP contribution < -0.4 is 0 Å². The second-order valence-corrected chi connectivity index (χ2v) is 6.46. The highest BCUT2D eigenvalue weighted by atomic mass is 35.5. The van der Waals surface area contributed by atoms with Gasteiger partial charge in [0.2, 0.25) is 5.89 Å². The van der Waals surface area contributed by atoms with Crippen LogP contribution in [0.15, 0.2) is 40.8 Å². The maximum absolute atomic E-state index is 12.1. The zero-order valence-electron chi connectivity index (χ0n) is 13.3. The molecule has 1 unspecified atom stereocenters. The number of benzene rings is 2. The fourth-order valence-corrected chi connectivity index (χ4v) is 2.87. The van der Waals surface area contributed by atoms with Crippen LogP contribution in [0.4, 0.5) is 0 Å². The first-order valence-electron chi connectivity index (χ1n) is 7.65. The van der Waals surface area contributed by atoms with Crippen molar-refractivity contribution >= 4 is 40.3 Å². The van der Waals surface area contributed by atoms with Crippen LogP contribution in [-0.2, 0) is 4.74 Å². The van der Waals surface area contributed by atoms with Crippen molar-refractivity contribution in [2.75, 3.05) is 6.61 Å². The molecule has 1 heterocycles. The summed E-state index contributed by atoms with van der Waals surface area (Å²) < 4.78 is 11.0. The number of rotatable bonds is 5. The Labute approximate surface area is 154 Å². The van der Waals surface area contributed by atoms with E-state index in [1.165, 1.54) is 0 Å². The summed E-state index contributed by atoms with van der Waals surface area (Å²) >= 11 is 12.0. The summed E-state index contributed by atoms with van der Waals surface area (Å²) in [6.07, 6.45) is 0.0164. The highest BCUT2D eigenvalue weighted by Gasteiger charge is 2.15. The summed E-state index contributed by atoms with van der Waals surface area (Å²) in [4.78, 5) is 16.5. The van der Waals surface area contributed by atoms with E-state index in [1.807, 2.05) is 0 Å². The number of halogens is 2. The fourth-order valence-electron chi connectivity index (χ4n) is 2.34. The van der Waals surface area contributed by atoms with Gasteiger partial charge in [-0.25, -0.2) is 9.78 Å². The molecule has 5 nitrogen and oxygen atoms in total. The smallest absolute Gasteiger partial charge is 0.338 e. The third-order valence-electron chi connectivity index (χ3n) is 3.58. The van der Waals surface area contributed by atoms with Gasteiger partial charge >= 0.3 is 5.97 Å². The zero-order valence-corrected chi connectivity index (χ0v) is 14.8. The Kier molecular flexibility index (Phi) is 5.27. The molecule has 0 saturated carbocycles. The third kappa shape index (κ3) is 4.12. The molecule has 0 fully saturated rings. The minimum atomic E-state index is -0.480. The van der Waals surface area contributed by atoms with Gasteiger partial charge in [0.15, 0.2) is 5.58 Å². The first-order chi connectivity index (χ1) is 12.0. The zero-order chi connectivity index (χ0) is 18.0. The maximum atomic E-state index is 12.1. The van der Waals surface area contributed by atoms with Gasteiger partial charge < -0.3 is 14.3 Å². The summed E-state index contributed by atoms with van der Waals surface area (Å²) in [7, 11) is 0. The van der Waals surface area contributed by atoms with E-state index in [0.29, 0.717) is 44.6 Å². The van der Waals surface area contributed by atoms with Gasteiger partial charge in [-0.05, 0) is 43.3 Å². The Hall–Kier alpha value is -2.08. The van der Waals surface area contributed by atoms with Crippen LogP contribution in [0.1, 0.15) is 23.7 Å². The summed E-state index contributed by atoms with van der Waals surface area (Å²) in [5.74, 6) is -0.120. The number of oxazole rings is 1. The molecule has 0 saturated heterocycles. The Morgan fingerprint density at radius 3 is 2.64 bits per heavy atom. The monoisotopic (exact) mass is 379 g/mol. The number of carbonyl (C=O) groups excluding carboxylic acids is 1. The normalized spacial score (nSPS) is 12.3. The molecule has 7 heteroatoms. The lowest BCUT2D eigenvalue weighted by Crippen LogP contribution is -2.16. The van der Waals surface area contributed by atoms with Crippen LogP contribution in [0.2, 0.25) is 10.0 Å².